The van der Waals surface area contributed by atoms with E-state index in [1.54, 1.807) is 0 Å². The maximum absolute atomic E-state index is 13.4. The van der Waals surface area contributed by atoms with Crippen molar-refractivity contribution >= 4 is 29.9 Å². The molecule has 23 heavy (non-hydrogen) atoms. The van der Waals surface area contributed by atoms with Gasteiger partial charge in [-0.3, -0.25) is 9.59 Å². The number of hydrogen-bond donors (Lipinski definition) is 3. The second-order valence-electron chi connectivity index (χ2n) is 5.01. The van der Waals surface area contributed by atoms with E-state index in [-0.39, 0.29) is 30.8 Å². The van der Waals surface area contributed by atoms with Crippen LogP contribution in [0, 0.1) is 23.4 Å². The van der Waals surface area contributed by atoms with Gasteiger partial charge < -0.3 is 16.0 Å². The molecule has 1 saturated heterocycles. The van der Waals surface area contributed by atoms with Crippen LogP contribution in [0.3, 0.4) is 0 Å². The lowest BCUT2D eigenvalue weighted by molar-refractivity contribution is -0.127. The van der Waals surface area contributed by atoms with Crippen molar-refractivity contribution < 1.29 is 22.8 Å². The number of carbonyl (C=O) groups is 2. The monoisotopic (exact) mass is 351 g/mol. The predicted octanol–water partition coefficient (Wildman–Crippen LogP) is 1.58. The normalized spacial score (nSPS) is 14.7. The van der Waals surface area contributed by atoms with E-state index < -0.39 is 29.0 Å². The van der Waals surface area contributed by atoms with Crippen molar-refractivity contribution in [2.24, 2.45) is 5.92 Å². The molecule has 3 N–H and O–H groups in total. The van der Waals surface area contributed by atoms with Gasteiger partial charge in [0.15, 0.2) is 17.5 Å². The maximum Gasteiger partial charge on any atom is 0.243 e. The van der Waals surface area contributed by atoms with Crippen LogP contribution in [0.4, 0.5) is 18.9 Å². The first-order chi connectivity index (χ1) is 10.5. The van der Waals surface area contributed by atoms with Crippen molar-refractivity contribution in [2.45, 2.75) is 12.8 Å². The predicted molar refractivity (Wildman–Crippen MR) is 80.8 cm³/mol. The lowest BCUT2D eigenvalue weighted by Crippen LogP contribution is -2.41. The van der Waals surface area contributed by atoms with Crippen LogP contribution in [-0.2, 0) is 9.59 Å². The summed E-state index contributed by atoms with van der Waals surface area (Å²) >= 11 is 0. The second kappa shape index (κ2) is 8.73. The SMILES string of the molecule is Cl.O=C(CNC(=O)C1CCNCC1)Nc1ccc(F)c(F)c1F. The summed E-state index contributed by atoms with van der Waals surface area (Å²) in [5.41, 5.74) is -0.472. The number of carbonyl (C=O) groups excluding carboxylic acids is 2. The van der Waals surface area contributed by atoms with Crippen LogP contribution in [0.1, 0.15) is 12.8 Å². The number of piperidine rings is 1. The number of rotatable bonds is 4. The molecule has 9 heteroatoms. The lowest BCUT2D eigenvalue weighted by Gasteiger charge is -2.21. The fraction of sp³-hybridized carbons (Fsp3) is 0.429. The Balaban J connectivity index is 0.00000264. The smallest absolute Gasteiger partial charge is 0.243 e. The van der Waals surface area contributed by atoms with E-state index in [9.17, 15) is 22.8 Å². The van der Waals surface area contributed by atoms with Gasteiger partial charge in [-0.15, -0.1) is 12.4 Å². The van der Waals surface area contributed by atoms with Crippen molar-refractivity contribution in [3.63, 3.8) is 0 Å². The molecule has 5 nitrogen and oxygen atoms in total. The maximum atomic E-state index is 13.4. The quantitative estimate of drug-likeness (QED) is 0.721. The van der Waals surface area contributed by atoms with E-state index in [1.165, 1.54) is 0 Å². The first-order valence-corrected chi connectivity index (χ1v) is 6.91. The Labute approximate surface area is 137 Å². The van der Waals surface area contributed by atoms with Crippen LogP contribution in [0.25, 0.3) is 0 Å². The zero-order chi connectivity index (χ0) is 16.1. The standard InChI is InChI=1S/C14H16F3N3O2.ClH/c15-9-1-2-10(13(17)12(9)16)20-11(21)7-19-14(22)8-3-5-18-6-4-8;/h1-2,8,18H,3-7H2,(H,19,22)(H,20,21);1H. The summed E-state index contributed by atoms with van der Waals surface area (Å²) < 4.78 is 39.2. The summed E-state index contributed by atoms with van der Waals surface area (Å²) in [4.78, 5) is 23.4. The topological polar surface area (TPSA) is 70.2 Å². The molecule has 0 radical (unpaired) electrons. The zero-order valence-corrected chi connectivity index (χ0v) is 12.9. The Morgan fingerprint density at radius 2 is 1.78 bits per heavy atom. The second-order valence-corrected chi connectivity index (χ2v) is 5.01. The Morgan fingerprint density at radius 3 is 2.43 bits per heavy atom. The van der Waals surface area contributed by atoms with Crippen LogP contribution < -0.4 is 16.0 Å². The van der Waals surface area contributed by atoms with Gasteiger partial charge in [0.2, 0.25) is 11.8 Å². The van der Waals surface area contributed by atoms with E-state index in [0.29, 0.717) is 18.9 Å². The van der Waals surface area contributed by atoms with Crippen LogP contribution in [0.5, 0.6) is 0 Å². The molecular weight excluding hydrogens is 335 g/mol. The van der Waals surface area contributed by atoms with Crippen LogP contribution in [0.2, 0.25) is 0 Å². The average Bonchev–Trinajstić information content (AvgIpc) is 2.54. The third kappa shape index (κ3) is 5.11. The lowest BCUT2D eigenvalue weighted by atomic mass is 9.97. The number of benzene rings is 1. The molecule has 1 aromatic carbocycles. The zero-order valence-electron chi connectivity index (χ0n) is 12.1. The van der Waals surface area contributed by atoms with Gasteiger partial charge in [0.05, 0.1) is 12.2 Å². The van der Waals surface area contributed by atoms with Gasteiger partial charge in [0, 0.05) is 5.92 Å². The van der Waals surface area contributed by atoms with Crippen molar-refractivity contribution in [3.8, 4) is 0 Å². The minimum atomic E-state index is -1.66. The molecular formula is C14H17ClF3N3O2. The number of halogens is 4. The molecule has 2 rings (SSSR count). The summed E-state index contributed by atoms with van der Waals surface area (Å²) in [6.07, 6.45) is 1.37. The summed E-state index contributed by atoms with van der Waals surface area (Å²) in [7, 11) is 0. The summed E-state index contributed by atoms with van der Waals surface area (Å²) in [5, 5.41) is 7.65. The van der Waals surface area contributed by atoms with Gasteiger partial charge in [-0.2, -0.15) is 0 Å². The average molecular weight is 352 g/mol. The highest BCUT2D eigenvalue weighted by Gasteiger charge is 2.21. The van der Waals surface area contributed by atoms with Crippen LogP contribution in [0.15, 0.2) is 12.1 Å². The van der Waals surface area contributed by atoms with Crippen LogP contribution >= 0.6 is 12.4 Å². The van der Waals surface area contributed by atoms with Crippen molar-refractivity contribution in [2.75, 3.05) is 25.0 Å². The Morgan fingerprint density at radius 1 is 1.13 bits per heavy atom. The van der Waals surface area contributed by atoms with Gasteiger partial charge in [-0.05, 0) is 38.1 Å². The third-order valence-corrected chi connectivity index (χ3v) is 3.44. The number of anilines is 1. The van der Waals surface area contributed by atoms with Crippen molar-refractivity contribution in [3.05, 3.63) is 29.6 Å². The highest BCUT2D eigenvalue weighted by molar-refractivity contribution is 5.94. The summed E-state index contributed by atoms with van der Waals surface area (Å²) in [6, 6.07) is 1.63. The van der Waals surface area contributed by atoms with E-state index >= 15 is 0 Å². The fourth-order valence-corrected chi connectivity index (χ4v) is 2.21. The first-order valence-electron chi connectivity index (χ1n) is 6.91. The molecule has 1 heterocycles. The van der Waals surface area contributed by atoms with E-state index in [2.05, 4.69) is 16.0 Å². The number of amides is 2. The minimum Gasteiger partial charge on any atom is -0.347 e. The van der Waals surface area contributed by atoms with Gasteiger partial charge in [-0.1, -0.05) is 0 Å². The van der Waals surface area contributed by atoms with Crippen molar-refractivity contribution in [1.82, 2.24) is 10.6 Å². The largest absolute Gasteiger partial charge is 0.347 e. The molecule has 0 aliphatic carbocycles. The van der Waals surface area contributed by atoms with E-state index in [4.69, 9.17) is 0 Å². The first kappa shape index (κ1) is 19.2. The molecule has 128 valence electrons. The molecule has 0 atom stereocenters. The van der Waals surface area contributed by atoms with Gasteiger partial charge in [-0.25, -0.2) is 13.2 Å². The molecule has 0 bridgehead atoms. The highest BCUT2D eigenvalue weighted by Crippen LogP contribution is 2.19. The Hall–Kier alpha value is -1.80. The van der Waals surface area contributed by atoms with Crippen LogP contribution in [-0.4, -0.2) is 31.4 Å². The Bertz CT molecular complexity index is 581. The Kier molecular flexibility index (Phi) is 7.31. The molecule has 0 spiro atoms. The number of nitrogens with one attached hydrogen (secondary N) is 3. The number of hydrogen-bond acceptors (Lipinski definition) is 3. The fourth-order valence-electron chi connectivity index (χ4n) is 2.21. The van der Waals surface area contributed by atoms with Gasteiger partial charge in [0.1, 0.15) is 0 Å². The molecule has 0 aromatic heterocycles. The molecule has 0 unspecified atom stereocenters. The summed E-state index contributed by atoms with van der Waals surface area (Å²) in [5.74, 6) is -5.59. The molecule has 0 saturated carbocycles. The molecule has 1 aromatic rings. The molecule has 2 amide bonds. The highest BCUT2D eigenvalue weighted by atomic mass is 35.5. The third-order valence-electron chi connectivity index (χ3n) is 3.44. The molecule has 1 aliphatic heterocycles. The molecule has 1 fully saturated rings. The van der Waals surface area contributed by atoms with Gasteiger partial charge in [0.25, 0.3) is 0 Å². The molecule has 1 aliphatic rings. The van der Waals surface area contributed by atoms with E-state index in [0.717, 1.165) is 19.2 Å². The van der Waals surface area contributed by atoms with Gasteiger partial charge >= 0.3 is 0 Å². The van der Waals surface area contributed by atoms with Crippen molar-refractivity contribution in [1.29, 1.82) is 0 Å². The minimum absolute atomic E-state index is 0. The summed E-state index contributed by atoms with van der Waals surface area (Å²) in [6.45, 7) is 1.12. The van der Waals surface area contributed by atoms with E-state index in [1.807, 2.05) is 0 Å².